The number of cyclic esters (lactones) is 1. The Balaban J connectivity index is 2.22. The zero-order valence-corrected chi connectivity index (χ0v) is 11.6. The van der Waals surface area contributed by atoms with Gasteiger partial charge in [0.05, 0.1) is 13.2 Å². The van der Waals surface area contributed by atoms with Crippen molar-refractivity contribution in [2.45, 2.75) is 50.7 Å². The van der Waals surface area contributed by atoms with Crippen LogP contribution in [-0.2, 0) is 14.3 Å². The van der Waals surface area contributed by atoms with Crippen molar-refractivity contribution in [3.8, 4) is 0 Å². The number of nitrogens with zero attached hydrogens (tertiary/aromatic N) is 1. The molecule has 0 bridgehead atoms. The molecule has 0 aromatic heterocycles. The standard InChI is InChI=1S/C14H21NO4/c1-14(9-8-12(16)19-14)11-7-5-3-4-6-10-15(11)13(17)18-2/h8-9,11H,3-7,10H2,1-2H3/t11-,14+/m1/s1. The molecule has 0 N–H and O–H groups in total. The summed E-state index contributed by atoms with van der Waals surface area (Å²) in [5, 5.41) is 0. The summed E-state index contributed by atoms with van der Waals surface area (Å²) in [6, 6.07) is -0.150. The van der Waals surface area contributed by atoms with Gasteiger partial charge in [0.1, 0.15) is 5.60 Å². The summed E-state index contributed by atoms with van der Waals surface area (Å²) in [5.41, 5.74) is -0.734. The molecule has 0 aliphatic carbocycles. The quantitative estimate of drug-likeness (QED) is 0.684. The van der Waals surface area contributed by atoms with Crippen LogP contribution in [-0.4, -0.2) is 42.3 Å². The van der Waals surface area contributed by atoms with Crippen LogP contribution in [0.5, 0.6) is 0 Å². The van der Waals surface area contributed by atoms with Gasteiger partial charge < -0.3 is 14.4 Å². The molecule has 1 saturated heterocycles. The van der Waals surface area contributed by atoms with E-state index in [4.69, 9.17) is 9.47 Å². The number of carbonyl (C=O) groups is 2. The first-order valence-corrected chi connectivity index (χ1v) is 6.83. The van der Waals surface area contributed by atoms with E-state index >= 15 is 0 Å². The van der Waals surface area contributed by atoms with E-state index in [0.717, 1.165) is 32.1 Å². The topological polar surface area (TPSA) is 55.8 Å². The molecule has 0 radical (unpaired) electrons. The SMILES string of the molecule is COC(=O)N1CCCCCC[C@@H]1[C@]1(C)C=CC(=O)O1. The maximum atomic E-state index is 12.0. The smallest absolute Gasteiger partial charge is 0.409 e. The lowest BCUT2D eigenvalue weighted by Crippen LogP contribution is -2.53. The Morgan fingerprint density at radius 3 is 2.79 bits per heavy atom. The van der Waals surface area contributed by atoms with Gasteiger partial charge in [0.15, 0.2) is 0 Å². The molecule has 0 unspecified atom stereocenters. The number of hydrogen-bond acceptors (Lipinski definition) is 4. The fourth-order valence-corrected chi connectivity index (χ4v) is 2.91. The van der Waals surface area contributed by atoms with E-state index in [-0.39, 0.29) is 18.1 Å². The third kappa shape index (κ3) is 2.91. The summed E-state index contributed by atoms with van der Waals surface area (Å²) in [7, 11) is 1.39. The largest absolute Gasteiger partial charge is 0.453 e. The van der Waals surface area contributed by atoms with Crippen molar-refractivity contribution in [2.24, 2.45) is 0 Å². The third-order valence-electron chi connectivity index (χ3n) is 3.94. The van der Waals surface area contributed by atoms with E-state index in [0.29, 0.717) is 6.54 Å². The molecule has 0 aromatic carbocycles. The molecule has 0 spiro atoms. The number of amides is 1. The number of esters is 1. The third-order valence-corrected chi connectivity index (χ3v) is 3.94. The lowest BCUT2D eigenvalue weighted by Gasteiger charge is -2.40. The van der Waals surface area contributed by atoms with Gasteiger partial charge in [-0.2, -0.15) is 0 Å². The fraction of sp³-hybridized carbons (Fsp3) is 0.714. The van der Waals surface area contributed by atoms with E-state index in [1.54, 1.807) is 11.0 Å². The number of rotatable bonds is 1. The summed E-state index contributed by atoms with van der Waals surface area (Å²) in [4.78, 5) is 25.0. The van der Waals surface area contributed by atoms with Gasteiger partial charge in [0.2, 0.25) is 0 Å². The number of carbonyl (C=O) groups excluding carboxylic acids is 2. The van der Waals surface area contributed by atoms with E-state index in [1.165, 1.54) is 13.2 Å². The minimum atomic E-state index is -0.734. The summed E-state index contributed by atoms with van der Waals surface area (Å²) >= 11 is 0. The molecule has 2 aliphatic heterocycles. The van der Waals surface area contributed by atoms with Crippen LogP contribution in [0, 0.1) is 0 Å². The van der Waals surface area contributed by atoms with Gasteiger partial charge in [-0.1, -0.05) is 19.3 Å². The molecular formula is C14H21NO4. The normalized spacial score (nSPS) is 31.6. The Kier molecular flexibility index (Phi) is 4.12. The predicted octanol–water partition coefficient (Wildman–Crippen LogP) is 2.26. The second-order valence-electron chi connectivity index (χ2n) is 5.32. The Morgan fingerprint density at radius 2 is 2.16 bits per heavy atom. The molecule has 19 heavy (non-hydrogen) atoms. The minimum Gasteiger partial charge on any atom is -0.453 e. The number of ether oxygens (including phenoxy) is 2. The van der Waals surface area contributed by atoms with Crippen LogP contribution in [0.2, 0.25) is 0 Å². The Bertz CT molecular complexity index is 393. The maximum absolute atomic E-state index is 12.0. The van der Waals surface area contributed by atoms with Gasteiger partial charge in [-0.15, -0.1) is 0 Å². The highest BCUT2D eigenvalue weighted by Gasteiger charge is 2.44. The molecule has 2 heterocycles. The van der Waals surface area contributed by atoms with Crippen LogP contribution in [0.1, 0.15) is 39.0 Å². The second kappa shape index (κ2) is 5.63. The summed E-state index contributed by atoms with van der Waals surface area (Å²) in [6.45, 7) is 2.51. The first kappa shape index (κ1) is 13.9. The molecule has 0 aromatic rings. The van der Waals surface area contributed by atoms with Gasteiger partial charge in [0.25, 0.3) is 0 Å². The van der Waals surface area contributed by atoms with E-state index < -0.39 is 5.60 Å². The summed E-state index contributed by atoms with van der Waals surface area (Å²) < 4.78 is 10.3. The lowest BCUT2D eigenvalue weighted by molar-refractivity contribution is -0.149. The van der Waals surface area contributed by atoms with Crippen molar-refractivity contribution in [3.63, 3.8) is 0 Å². The molecule has 2 aliphatic rings. The number of likely N-dealkylation sites (tertiary alicyclic amines) is 1. The van der Waals surface area contributed by atoms with Crippen LogP contribution >= 0.6 is 0 Å². The Labute approximate surface area is 113 Å². The first-order valence-electron chi connectivity index (χ1n) is 6.83. The minimum absolute atomic E-state index is 0.150. The van der Waals surface area contributed by atoms with Crippen molar-refractivity contribution in [2.75, 3.05) is 13.7 Å². The average molecular weight is 267 g/mol. The number of methoxy groups -OCH3 is 1. The van der Waals surface area contributed by atoms with Crippen LogP contribution in [0.4, 0.5) is 4.79 Å². The van der Waals surface area contributed by atoms with Gasteiger partial charge in [-0.05, 0) is 25.8 Å². The highest BCUT2D eigenvalue weighted by atomic mass is 16.6. The van der Waals surface area contributed by atoms with Crippen molar-refractivity contribution in [3.05, 3.63) is 12.2 Å². The van der Waals surface area contributed by atoms with Crippen molar-refractivity contribution in [1.82, 2.24) is 4.90 Å². The Hall–Kier alpha value is -1.52. The molecule has 2 atom stereocenters. The lowest BCUT2D eigenvalue weighted by atomic mass is 9.89. The first-order chi connectivity index (χ1) is 9.07. The zero-order valence-electron chi connectivity index (χ0n) is 11.6. The van der Waals surface area contributed by atoms with Gasteiger partial charge in [-0.3, -0.25) is 0 Å². The second-order valence-corrected chi connectivity index (χ2v) is 5.32. The molecule has 1 fully saturated rings. The van der Waals surface area contributed by atoms with Gasteiger partial charge in [0, 0.05) is 12.6 Å². The molecule has 2 rings (SSSR count). The van der Waals surface area contributed by atoms with Gasteiger partial charge >= 0.3 is 12.1 Å². The van der Waals surface area contributed by atoms with E-state index in [9.17, 15) is 9.59 Å². The van der Waals surface area contributed by atoms with Crippen LogP contribution < -0.4 is 0 Å². The zero-order chi connectivity index (χ0) is 13.9. The van der Waals surface area contributed by atoms with Crippen LogP contribution in [0.3, 0.4) is 0 Å². The average Bonchev–Trinajstić information content (AvgIpc) is 2.69. The Morgan fingerprint density at radius 1 is 1.42 bits per heavy atom. The predicted molar refractivity (Wildman–Crippen MR) is 69.6 cm³/mol. The molecule has 5 heteroatoms. The van der Waals surface area contributed by atoms with Crippen LogP contribution in [0.25, 0.3) is 0 Å². The summed E-state index contributed by atoms with van der Waals surface area (Å²) in [6.07, 6.45) is 7.93. The van der Waals surface area contributed by atoms with E-state index in [1.807, 2.05) is 6.92 Å². The number of hydrogen-bond donors (Lipinski definition) is 0. The van der Waals surface area contributed by atoms with Crippen molar-refractivity contribution in [1.29, 1.82) is 0 Å². The van der Waals surface area contributed by atoms with E-state index in [2.05, 4.69) is 0 Å². The molecule has 5 nitrogen and oxygen atoms in total. The molecule has 1 amide bonds. The van der Waals surface area contributed by atoms with Crippen molar-refractivity contribution < 1.29 is 19.1 Å². The molecule has 0 saturated carbocycles. The fourth-order valence-electron chi connectivity index (χ4n) is 2.91. The maximum Gasteiger partial charge on any atom is 0.409 e. The summed E-state index contributed by atoms with van der Waals surface area (Å²) in [5.74, 6) is -0.339. The van der Waals surface area contributed by atoms with Crippen molar-refractivity contribution >= 4 is 12.1 Å². The van der Waals surface area contributed by atoms with Crippen LogP contribution in [0.15, 0.2) is 12.2 Å². The highest BCUT2D eigenvalue weighted by Crippen LogP contribution is 2.32. The molecular weight excluding hydrogens is 246 g/mol. The molecule has 106 valence electrons. The highest BCUT2D eigenvalue weighted by molar-refractivity contribution is 5.85. The van der Waals surface area contributed by atoms with Gasteiger partial charge in [-0.25, -0.2) is 9.59 Å². The monoisotopic (exact) mass is 267 g/mol.